The van der Waals surface area contributed by atoms with Gasteiger partial charge in [0.2, 0.25) is 47.3 Å². The normalized spacial score (nSPS) is 23.7. The average Bonchev–Trinajstić information content (AvgIpc) is 1.61. The number of methoxy groups -OCH3 is 7. The zero-order valence-electron chi connectivity index (χ0n) is 87.6. The molecule has 13 aliphatic rings. The third-order valence-corrected chi connectivity index (χ3v) is 30.1. The number of halogens is 2. The van der Waals surface area contributed by atoms with Gasteiger partial charge in [0.15, 0.2) is 0 Å². The first-order valence-electron chi connectivity index (χ1n) is 50.9. The van der Waals surface area contributed by atoms with Gasteiger partial charge in [0.1, 0.15) is 76.4 Å². The predicted molar refractivity (Wildman–Crippen MR) is 544 cm³/mol. The molecule has 46 heteroatoms. The van der Waals surface area contributed by atoms with Crippen molar-refractivity contribution in [3.63, 3.8) is 0 Å². The smallest absolute Gasteiger partial charge is 0.411 e. The minimum Gasteiger partial charge on any atom is -0.496 e. The highest BCUT2D eigenvalue weighted by atomic mass is 35.5. The van der Waals surface area contributed by atoms with E-state index in [-0.39, 0.29) is 148 Å². The molecule has 0 bridgehead atoms. The lowest BCUT2D eigenvalue weighted by Gasteiger charge is -2.39. The molecule has 149 heavy (non-hydrogen) atoms. The number of piperidine rings is 4. The Balaban J connectivity index is 0.000000199. The van der Waals surface area contributed by atoms with E-state index in [1.165, 1.54) is 58.2 Å². The van der Waals surface area contributed by atoms with E-state index in [1.807, 2.05) is 30.3 Å². The van der Waals surface area contributed by atoms with E-state index in [1.54, 1.807) is 85.8 Å². The maximum atomic E-state index is 13.6. The first-order valence-corrected chi connectivity index (χ1v) is 50.9. The molecule has 9 aliphatic heterocycles. The van der Waals surface area contributed by atoms with E-state index < -0.39 is 113 Å². The van der Waals surface area contributed by atoms with Crippen LogP contribution in [-0.4, -0.2) is 310 Å². The molecule has 13 fully saturated rings. The molecule has 0 unspecified atom stereocenters. The monoisotopic (exact) mass is 2130 g/mol. The molecule has 4 spiro atoms. The Morgan fingerprint density at radius 3 is 1.08 bits per heavy atom. The van der Waals surface area contributed by atoms with Crippen molar-refractivity contribution in [1.82, 2.24) is 72.5 Å². The van der Waals surface area contributed by atoms with E-state index in [2.05, 4.69) is 67.3 Å². The van der Waals surface area contributed by atoms with Crippen molar-refractivity contribution in [1.29, 1.82) is 0 Å². The molecule has 15 N–H and O–H groups in total. The van der Waals surface area contributed by atoms with Crippen LogP contribution < -0.4 is 63.1 Å². The first kappa shape index (κ1) is 120. The summed E-state index contributed by atoms with van der Waals surface area (Å²) in [5, 5.41) is 44.9. The van der Waals surface area contributed by atoms with Gasteiger partial charge < -0.3 is 121 Å². The van der Waals surface area contributed by atoms with Gasteiger partial charge in [0.25, 0.3) is 5.91 Å². The van der Waals surface area contributed by atoms with Gasteiger partial charge in [-0.25, -0.2) is 33.6 Å². The number of carbonyl (C=O) groups is 18. The number of nitrogens with zero attached hydrogens (tertiary/aromatic N) is 3. The number of nitrogens with two attached hydrogens (primary N) is 1. The second-order valence-electron chi connectivity index (χ2n) is 42.9. The van der Waals surface area contributed by atoms with Crippen molar-refractivity contribution in [2.45, 2.75) is 275 Å². The Kier molecular flexibility index (Phi) is 42.7. The van der Waals surface area contributed by atoms with E-state index in [0.717, 1.165) is 118 Å². The number of aromatic amines is 2. The topological polar surface area (TPSA) is 606 Å². The van der Waals surface area contributed by atoms with Crippen LogP contribution in [0, 0.1) is 57.2 Å². The summed E-state index contributed by atoms with van der Waals surface area (Å²) in [5.74, 6) is -5.69. The van der Waals surface area contributed by atoms with Crippen LogP contribution in [0.5, 0.6) is 11.5 Å². The number of carbonyl (C=O) groups excluding carboxylic acids is 16. The van der Waals surface area contributed by atoms with Crippen LogP contribution in [-0.2, 0) is 100 Å². The van der Waals surface area contributed by atoms with Crippen molar-refractivity contribution in [2.75, 3.05) is 109 Å². The van der Waals surface area contributed by atoms with Crippen LogP contribution in [0.1, 0.15) is 236 Å². The van der Waals surface area contributed by atoms with Crippen molar-refractivity contribution >= 4 is 154 Å². The molecule has 11 heterocycles. The van der Waals surface area contributed by atoms with E-state index in [0.29, 0.717) is 126 Å². The number of likely N-dealkylation sites (tertiary alicyclic amines) is 3. The van der Waals surface area contributed by atoms with Crippen LogP contribution >= 0.6 is 24.8 Å². The maximum Gasteiger partial charge on any atom is 0.411 e. The maximum absolute atomic E-state index is 13.6. The number of aliphatic carboxylic acids is 1. The number of amides is 11. The number of hydrogen-bond acceptors (Lipinski definition) is 29. The number of carboxylic acid groups (broad SMARTS) is 2. The minimum absolute atomic E-state index is 0. The Bertz CT molecular complexity index is 5400. The number of nitrogens with one attached hydrogen (secondary N) is 11. The number of ether oxygens (including phenoxy) is 9. The lowest BCUT2D eigenvalue weighted by Crippen LogP contribution is -2.57. The molecule has 9 saturated heterocycles. The van der Waals surface area contributed by atoms with Gasteiger partial charge in [-0.3, -0.25) is 62.5 Å². The van der Waals surface area contributed by atoms with Crippen LogP contribution in [0.15, 0.2) is 48.5 Å². The third kappa shape index (κ3) is 33.1. The van der Waals surface area contributed by atoms with Crippen LogP contribution in [0.4, 0.5) is 9.59 Å². The number of benzene rings is 2. The highest BCUT2D eigenvalue weighted by Gasteiger charge is 2.56. The number of fused-ring (bicyclic) bond motifs is 2. The van der Waals surface area contributed by atoms with Gasteiger partial charge >= 0.3 is 54.0 Å². The number of aromatic carboxylic acids is 1. The SMILES string of the molecule is CC(C)(C)OC(=O)N1CCC2(CC2)C[C@H]1C(=O)O.COC(=O)[C@@H](C)C[C@@H]1CCNC1=O.COC(=O)[C@@H](N)C[C@@H]1CCNC1=O.COC(=O)[C@H](C[C@@H]1CCNC1=O)NC(=O)[C@@H]1CC2(CCN1)CC2.COC(=O)[C@H](C[C@@H]1CCNC1=O)NC(=O)[C@@H]1CC2(CCN1C(=O)OC(C)(C)C)CC2.COC(=O)[C@H](C[C@@H]1CCNC1=O)NC(=O)[C@@H]1CC2(CCN1C(=O)c1cc3c(OC)cccc3[nH]1)CC2.COc1cccc2[nH]c(C(=O)O)cc12.Cl.Cl. The van der Waals surface area contributed by atoms with Gasteiger partial charge in [-0.1, -0.05) is 19.1 Å². The molecule has 2 aromatic heterocycles. The summed E-state index contributed by atoms with van der Waals surface area (Å²) in [6.07, 6.45) is 19.0. The quantitative estimate of drug-likeness (QED) is 0.0220. The fourth-order valence-electron chi connectivity index (χ4n) is 20.6. The Morgan fingerprint density at radius 2 is 0.738 bits per heavy atom. The van der Waals surface area contributed by atoms with E-state index in [4.69, 9.17) is 44.0 Å². The fourth-order valence-corrected chi connectivity index (χ4v) is 20.6. The van der Waals surface area contributed by atoms with Crippen LogP contribution in [0.3, 0.4) is 0 Å². The van der Waals surface area contributed by atoms with Crippen molar-refractivity contribution < 1.29 is 139 Å². The summed E-state index contributed by atoms with van der Waals surface area (Å²) in [6, 6.07) is 8.53. The molecule has 17 rings (SSSR count). The molecule has 2 aromatic carbocycles. The van der Waals surface area contributed by atoms with E-state index >= 15 is 0 Å². The van der Waals surface area contributed by atoms with E-state index in [9.17, 15) is 91.4 Å². The zero-order chi connectivity index (χ0) is 107. The molecular weight excluding hydrogens is 1980 g/mol. The average molecular weight is 2130 g/mol. The number of carboxylic acids is 2. The number of H-pyrrole nitrogens is 2. The van der Waals surface area contributed by atoms with Gasteiger partial charge in [0, 0.05) is 104 Å². The summed E-state index contributed by atoms with van der Waals surface area (Å²) >= 11 is 0. The van der Waals surface area contributed by atoms with Gasteiger partial charge in [-0.15, -0.1) is 24.8 Å². The standard InChI is InChI=1S/C26H32N4O6.C21H33N3O6.C16H25N3O4.C13H21NO4.C10H9NO3.C9H15NO3.C8H14N2O3.2ClH/c1-35-21-5-3-4-17-16(21)13-18(28-17)24(33)30-11-9-26(7-8-26)14-20(30)23(32)29-19(25(34)36-2)12-15-6-10-27-22(15)31;1-20(2,3)30-19(28)24-10-8-21(6-7-21)12-15(24)17(26)23-14(18(27)29-4)11-13-5-9-22-16(13)25;1-23-15(22)11(8-10-2-6-18-13(10)20)19-14(21)12-9-16(3-4-16)5-7-17-12;1-12(2,3)18-11(17)14-7-6-13(4-5-13)8-9(14)10(15)16;1-14-9-4-2-3-7-6(9)5-8(11-7)10(12)13;1-6(9(12)13-2)5-7-3-4-10-8(7)11;1-13-8(12)6(9)4-5-2-3-10-7(5)11;;/h3-5,13,15,19-20,28H,6-12,14H2,1-2H3,(H,27,31)(H,29,32);13-15H,5-12H2,1-4H3,(H,22,25)(H,23,26);10-12,17H,2-9H2,1H3,(H,18,20)(H,19,21);9H,4-8H2,1-3H3,(H,15,16);2-5,11H,1H3,(H,12,13);6-7H,3-5H2,1-2H3,(H,10,11);5-6H,2-4,9H2,1H3,(H,10,11);2*1H/t15-,19-,20-;13-,14-,15-;10-,11-,12-;9-;;6-,7-;5-,6-;;/m0000.00../s1. The molecule has 14 atom stereocenters. The lowest BCUT2D eigenvalue weighted by atomic mass is 9.87. The predicted octanol–water partition coefficient (Wildman–Crippen LogP) is 7.10. The number of esters is 5. The molecular formula is C103H151Cl2N15O29. The summed E-state index contributed by atoms with van der Waals surface area (Å²) in [5.41, 5.74) is 7.07. The minimum atomic E-state index is -0.969. The number of aromatic nitrogens is 2. The summed E-state index contributed by atoms with van der Waals surface area (Å²) < 4.78 is 44.9. The molecule has 44 nitrogen and oxygen atoms in total. The third-order valence-electron chi connectivity index (χ3n) is 30.1. The van der Waals surface area contributed by atoms with Crippen LogP contribution in [0.2, 0.25) is 0 Å². The highest BCUT2D eigenvalue weighted by Crippen LogP contribution is 2.58. The van der Waals surface area contributed by atoms with Gasteiger partial charge in [-0.2, -0.15) is 0 Å². The molecule has 4 aromatic rings. The zero-order valence-corrected chi connectivity index (χ0v) is 89.2. The first-order chi connectivity index (χ1) is 69.6. The molecule has 11 amide bonds. The van der Waals surface area contributed by atoms with Gasteiger partial charge in [0.05, 0.1) is 61.7 Å². The highest BCUT2D eigenvalue weighted by molar-refractivity contribution is 6.03. The van der Waals surface area contributed by atoms with Crippen molar-refractivity contribution in [3.8, 4) is 11.5 Å². The fraction of sp³-hybridized carbons (Fsp3) is 0.670. The van der Waals surface area contributed by atoms with Crippen molar-refractivity contribution in [3.05, 3.63) is 59.9 Å². The Labute approximate surface area is 878 Å². The second-order valence-corrected chi connectivity index (χ2v) is 42.9. The number of hydrogen-bond donors (Lipinski definition) is 14. The number of rotatable bonds is 26. The molecule has 0 radical (unpaired) electrons. The summed E-state index contributed by atoms with van der Waals surface area (Å²) in [4.78, 5) is 227. The summed E-state index contributed by atoms with van der Waals surface area (Å²) in [7, 11) is 9.61. The lowest BCUT2D eigenvalue weighted by molar-refractivity contribution is -0.147. The second kappa shape index (κ2) is 52.9. The molecule has 4 saturated carbocycles. The van der Waals surface area contributed by atoms with Crippen molar-refractivity contribution in [2.24, 2.45) is 62.9 Å². The van der Waals surface area contributed by atoms with Crippen LogP contribution in [0.25, 0.3) is 21.8 Å². The largest absolute Gasteiger partial charge is 0.496 e. The molecule has 4 aliphatic carbocycles. The molecule has 826 valence electrons. The van der Waals surface area contributed by atoms with Gasteiger partial charge in [-0.05, 0) is 273 Å². The Hall–Kier alpha value is -12.3. The Morgan fingerprint density at radius 1 is 0.409 bits per heavy atom. The summed E-state index contributed by atoms with van der Waals surface area (Å²) in [6.45, 7) is 17.9.